The van der Waals surface area contributed by atoms with E-state index in [0.29, 0.717) is 28.1 Å². The Morgan fingerprint density at radius 3 is 2.75 bits per heavy atom. The van der Waals surface area contributed by atoms with Gasteiger partial charge in [-0.3, -0.25) is 0 Å². The maximum absolute atomic E-state index is 5.91. The Balaban J connectivity index is 2.55. The largest absolute Gasteiger partial charge is 0.479 e. The first-order valence-electron chi connectivity index (χ1n) is 4.50. The molecule has 0 saturated carbocycles. The second-order valence-corrected chi connectivity index (χ2v) is 3.53. The van der Waals surface area contributed by atoms with Crippen LogP contribution in [-0.2, 0) is 0 Å². The third-order valence-corrected chi connectivity index (χ3v) is 2.45. The van der Waals surface area contributed by atoms with Crippen molar-refractivity contribution in [2.75, 3.05) is 12.8 Å². The van der Waals surface area contributed by atoms with E-state index >= 15 is 0 Å². The molecule has 2 aromatic rings. The van der Waals surface area contributed by atoms with E-state index in [4.69, 9.17) is 22.1 Å². The van der Waals surface area contributed by atoms with Gasteiger partial charge in [0.25, 0.3) is 0 Å². The van der Waals surface area contributed by atoms with Crippen LogP contribution in [-0.4, -0.2) is 26.9 Å². The highest BCUT2D eigenvalue weighted by Gasteiger charge is 2.12. The predicted octanol–water partition coefficient (Wildman–Crippen LogP) is 1.21. The first kappa shape index (κ1) is 10.7. The van der Waals surface area contributed by atoms with Crippen molar-refractivity contribution < 1.29 is 4.74 Å². The third-order valence-electron chi connectivity index (χ3n) is 2.08. The summed E-state index contributed by atoms with van der Waals surface area (Å²) < 4.78 is 6.49. The van der Waals surface area contributed by atoms with Crippen molar-refractivity contribution in [2.24, 2.45) is 0 Å². The molecule has 0 unspecified atom stereocenters. The molecule has 0 aromatic carbocycles. The third kappa shape index (κ3) is 1.67. The summed E-state index contributed by atoms with van der Waals surface area (Å²) in [7, 11) is 1.49. The Bertz CT molecular complexity index is 505. The highest BCUT2D eigenvalue weighted by atomic mass is 35.5. The molecule has 0 aliphatic heterocycles. The van der Waals surface area contributed by atoms with Crippen molar-refractivity contribution in [1.29, 1.82) is 0 Å². The van der Waals surface area contributed by atoms with Crippen LogP contribution in [0.4, 0.5) is 5.69 Å². The van der Waals surface area contributed by atoms with E-state index in [-0.39, 0.29) is 0 Å². The van der Waals surface area contributed by atoms with Gasteiger partial charge in [0.05, 0.1) is 24.0 Å². The maximum Gasteiger partial charge on any atom is 0.242 e. The molecule has 0 aliphatic carbocycles. The van der Waals surface area contributed by atoms with Gasteiger partial charge in [-0.15, -0.1) is 0 Å². The number of aryl methyl sites for hydroxylation is 1. The van der Waals surface area contributed by atoms with Crippen molar-refractivity contribution in [3.05, 3.63) is 23.2 Å². The highest BCUT2D eigenvalue weighted by molar-refractivity contribution is 6.31. The summed E-state index contributed by atoms with van der Waals surface area (Å²) >= 11 is 5.91. The smallest absolute Gasteiger partial charge is 0.242 e. The lowest BCUT2D eigenvalue weighted by atomic mass is 10.4. The van der Waals surface area contributed by atoms with E-state index in [1.807, 2.05) is 0 Å². The minimum atomic E-state index is 0.314. The Labute approximate surface area is 97.0 Å². The van der Waals surface area contributed by atoms with Crippen molar-refractivity contribution in [2.45, 2.75) is 6.92 Å². The van der Waals surface area contributed by atoms with E-state index in [9.17, 15) is 0 Å². The van der Waals surface area contributed by atoms with Crippen molar-refractivity contribution in [3.8, 4) is 11.7 Å². The summed E-state index contributed by atoms with van der Waals surface area (Å²) in [4.78, 5) is 7.92. The summed E-state index contributed by atoms with van der Waals surface area (Å²) in [6.45, 7) is 1.80. The molecule has 0 spiro atoms. The number of aromatic nitrogens is 4. The standard InChI is InChI=1S/C9H10ClN5O/c1-5-6(10)3-15(14-5)8-7(11)9(16-2)13-4-12-8/h3-4H,11H2,1-2H3. The molecular formula is C9H10ClN5O. The Hall–Kier alpha value is -1.82. The fraction of sp³-hybridized carbons (Fsp3) is 0.222. The van der Waals surface area contributed by atoms with E-state index in [1.54, 1.807) is 13.1 Å². The van der Waals surface area contributed by atoms with Crippen LogP contribution in [0.1, 0.15) is 5.69 Å². The molecule has 2 heterocycles. The van der Waals surface area contributed by atoms with Crippen LogP contribution in [0.5, 0.6) is 5.88 Å². The zero-order valence-electron chi connectivity index (χ0n) is 8.81. The van der Waals surface area contributed by atoms with Crippen LogP contribution in [0, 0.1) is 6.92 Å². The summed E-state index contributed by atoms with van der Waals surface area (Å²) in [6.07, 6.45) is 2.99. The van der Waals surface area contributed by atoms with Gasteiger partial charge in [0.2, 0.25) is 5.88 Å². The van der Waals surface area contributed by atoms with Gasteiger partial charge in [-0.2, -0.15) is 10.1 Å². The van der Waals surface area contributed by atoms with Crippen molar-refractivity contribution in [3.63, 3.8) is 0 Å². The number of nitrogens with zero attached hydrogens (tertiary/aromatic N) is 4. The van der Waals surface area contributed by atoms with Crippen LogP contribution < -0.4 is 10.5 Å². The minimum absolute atomic E-state index is 0.314. The molecule has 2 N–H and O–H groups in total. The predicted molar refractivity (Wildman–Crippen MR) is 59.9 cm³/mol. The number of hydrogen-bond acceptors (Lipinski definition) is 5. The average Bonchev–Trinajstić information content (AvgIpc) is 2.59. The Kier molecular flexibility index (Phi) is 2.66. The molecule has 7 heteroatoms. The van der Waals surface area contributed by atoms with Crippen molar-refractivity contribution in [1.82, 2.24) is 19.7 Å². The molecular weight excluding hydrogens is 230 g/mol. The molecule has 0 amide bonds. The van der Waals surface area contributed by atoms with Crippen LogP contribution in [0.25, 0.3) is 5.82 Å². The van der Waals surface area contributed by atoms with Gasteiger partial charge in [0.1, 0.15) is 12.0 Å². The van der Waals surface area contributed by atoms with Gasteiger partial charge in [-0.25, -0.2) is 9.67 Å². The van der Waals surface area contributed by atoms with Crippen molar-refractivity contribution >= 4 is 17.3 Å². The quantitative estimate of drug-likeness (QED) is 0.852. The van der Waals surface area contributed by atoms with E-state index in [0.717, 1.165) is 0 Å². The van der Waals surface area contributed by atoms with Gasteiger partial charge in [0, 0.05) is 0 Å². The molecule has 0 fully saturated rings. The number of nitrogen functional groups attached to an aromatic ring is 1. The van der Waals surface area contributed by atoms with Gasteiger partial charge < -0.3 is 10.5 Å². The molecule has 2 rings (SSSR count). The van der Waals surface area contributed by atoms with E-state index < -0.39 is 0 Å². The van der Waals surface area contributed by atoms with Crippen LogP contribution in [0.15, 0.2) is 12.5 Å². The molecule has 0 atom stereocenters. The van der Waals surface area contributed by atoms with Crippen LogP contribution >= 0.6 is 11.6 Å². The number of halogens is 1. The fourth-order valence-corrected chi connectivity index (χ4v) is 1.39. The molecule has 0 aliphatic rings. The van der Waals surface area contributed by atoms with E-state index in [2.05, 4.69) is 15.1 Å². The zero-order valence-corrected chi connectivity index (χ0v) is 9.56. The van der Waals surface area contributed by atoms with Gasteiger partial charge in [-0.1, -0.05) is 11.6 Å². The molecule has 0 saturated heterocycles. The van der Waals surface area contributed by atoms with E-state index in [1.165, 1.54) is 18.1 Å². The number of hydrogen-bond donors (Lipinski definition) is 1. The molecule has 84 valence electrons. The lowest BCUT2D eigenvalue weighted by molar-refractivity contribution is 0.399. The Morgan fingerprint density at radius 2 is 2.19 bits per heavy atom. The summed E-state index contributed by atoms with van der Waals surface area (Å²) in [5, 5.41) is 4.73. The zero-order chi connectivity index (χ0) is 11.7. The summed E-state index contributed by atoms with van der Waals surface area (Å²) in [5.74, 6) is 0.760. The van der Waals surface area contributed by atoms with Gasteiger partial charge in [-0.05, 0) is 6.92 Å². The molecule has 6 nitrogen and oxygen atoms in total. The molecule has 16 heavy (non-hydrogen) atoms. The normalized spacial score (nSPS) is 10.4. The number of anilines is 1. The number of nitrogens with two attached hydrogens (primary N) is 1. The second-order valence-electron chi connectivity index (χ2n) is 3.13. The number of rotatable bonds is 2. The lowest BCUT2D eigenvalue weighted by Crippen LogP contribution is -2.06. The first-order chi connectivity index (χ1) is 7.63. The minimum Gasteiger partial charge on any atom is -0.479 e. The topological polar surface area (TPSA) is 78.9 Å². The van der Waals surface area contributed by atoms with Gasteiger partial charge >= 0.3 is 0 Å². The first-order valence-corrected chi connectivity index (χ1v) is 4.88. The Morgan fingerprint density at radius 1 is 1.44 bits per heavy atom. The fourth-order valence-electron chi connectivity index (χ4n) is 1.26. The molecule has 0 radical (unpaired) electrons. The second kappa shape index (κ2) is 3.97. The van der Waals surface area contributed by atoms with Crippen LogP contribution in [0.2, 0.25) is 5.02 Å². The lowest BCUT2D eigenvalue weighted by Gasteiger charge is -2.06. The number of ether oxygens (including phenoxy) is 1. The monoisotopic (exact) mass is 239 g/mol. The SMILES string of the molecule is COc1ncnc(-n2cc(Cl)c(C)n2)c1N. The summed E-state index contributed by atoms with van der Waals surface area (Å²) in [6, 6.07) is 0. The summed E-state index contributed by atoms with van der Waals surface area (Å²) in [5.41, 5.74) is 6.86. The molecule has 0 bridgehead atoms. The number of methoxy groups -OCH3 is 1. The average molecular weight is 240 g/mol. The van der Waals surface area contributed by atoms with Gasteiger partial charge in [0.15, 0.2) is 5.82 Å². The molecule has 2 aromatic heterocycles. The van der Waals surface area contributed by atoms with Crippen LogP contribution in [0.3, 0.4) is 0 Å². The highest BCUT2D eigenvalue weighted by Crippen LogP contribution is 2.24. The maximum atomic E-state index is 5.91.